The summed E-state index contributed by atoms with van der Waals surface area (Å²) in [5, 5.41) is 67.0. The number of aliphatic hydroxyl groups is 7. The normalized spacial score (nSPS) is 51.4. The molecular formula is C12H20O11. The Morgan fingerprint density at radius 1 is 0.870 bits per heavy atom. The van der Waals surface area contributed by atoms with Crippen molar-refractivity contribution in [3.63, 3.8) is 0 Å². The fraction of sp³-hybridized carbons (Fsp3) is 0.917. The molecule has 2 fully saturated rings. The molecule has 0 amide bonds. The maximum absolute atomic E-state index is 11.0. The van der Waals surface area contributed by atoms with Gasteiger partial charge in [-0.1, -0.05) is 0 Å². The first kappa shape index (κ1) is 18.6. The topological polar surface area (TPSA) is 186 Å². The van der Waals surface area contributed by atoms with Crippen LogP contribution in [0.3, 0.4) is 0 Å². The van der Waals surface area contributed by atoms with Crippen LogP contribution in [0.2, 0.25) is 0 Å². The number of ether oxygens (including phenoxy) is 3. The van der Waals surface area contributed by atoms with E-state index in [4.69, 9.17) is 19.3 Å². The first-order chi connectivity index (χ1) is 10.8. The highest BCUT2D eigenvalue weighted by atomic mass is 16.7. The first-order valence-electron chi connectivity index (χ1n) is 6.92. The van der Waals surface area contributed by atoms with E-state index >= 15 is 0 Å². The van der Waals surface area contributed by atoms with Crippen LogP contribution < -0.4 is 0 Å². The predicted octanol–water partition coefficient (Wildman–Crippen LogP) is -5.19. The Kier molecular flexibility index (Phi) is 6.02. The maximum atomic E-state index is 11.0. The minimum Gasteiger partial charge on any atom is -0.394 e. The highest BCUT2D eigenvalue weighted by molar-refractivity contribution is 5.57. The van der Waals surface area contributed by atoms with Gasteiger partial charge in [-0.05, 0) is 0 Å². The monoisotopic (exact) mass is 340 g/mol. The SMILES string of the molecule is O=C[C@H]1O[C@@H](O)[C@H](O)[C@@H](O)[C@@H]1O[C@@H]1O[C@H](CO)[C@@H](O)[C@H](O)[C@H]1O. The minimum atomic E-state index is -1.81. The summed E-state index contributed by atoms with van der Waals surface area (Å²) in [5.74, 6) is 0. The van der Waals surface area contributed by atoms with Crippen LogP contribution in [0.15, 0.2) is 0 Å². The van der Waals surface area contributed by atoms with E-state index in [1.165, 1.54) is 0 Å². The van der Waals surface area contributed by atoms with Crippen LogP contribution in [0.4, 0.5) is 0 Å². The van der Waals surface area contributed by atoms with Crippen molar-refractivity contribution in [3.8, 4) is 0 Å². The summed E-state index contributed by atoms with van der Waals surface area (Å²) in [6, 6.07) is 0. The van der Waals surface area contributed by atoms with Gasteiger partial charge in [0.05, 0.1) is 6.61 Å². The molecule has 0 aliphatic carbocycles. The van der Waals surface area contributed by atoms with Crippen molar-refractivity contribution >= 4 is 6.29 Å². The average Bonchev–Trinajstić information content (AvgIpc) is 2.55. The second-order valence-electron chi connectivity index (χ2n) is 5.41. The van der Waals surface area contributed by atoms with Crippen LogP contribution in [0.1, 0.15) is 0 Å². The number of aldehydes is 1. The van der Waals surface area contributed by atoms with Crippen LogP contribution in [0, 0.1) is 0 Å². The lowest BCUT2D eigenvalue weighted by Crippen LogP contribution is -2.64. The molecule has 2 aliphatic heterocycles. The Labute approximate surface area is 130 Å². The number of carbonyl (C=O) groups excluding carboxylic acids is 1. The summed E-state index contributed by atoms with van der Waals surface area (Å²) >= 11 is 0. The Hall–Kier alpha value is -0.730. The summed E-state index contributed by atoms with van der Waals surface area (Å²) in [6.45, 7) is -0.688. The highest BCUT2D eigenvalue weighted by Crippen LogP contribution is 2.27. The van der Waals surface area contributed by atoms with E-state index in [0.717, 1.165) is 0 Å². The number of hydrogen-bond acceptors (Lipinski definition) is 11. The predicted molar refractivity (Wildman–Crippen MR) is 67.6 cm³/mol. The van der Waals surface area contributed by atoms with E-state index in [-0.39, 0.29) is 6.29 Å². The van der Waals surface area contributed by atoms with Crippen molar-refractivity contribution in [1.82, 2.24) is 0 Å². The second kappa shape index (κ2) is 7.44. The third-order valence-electron chi connectivity index (χ3n) is 3.87. The molecule has 11 heteroatoms. The molecule has 0 unspecified atom stereocenters. The van der Waals surface area contributed by atoms with Crippen molar-refractivity contribution in [1.29, 1.82) is 0 Å². The molecule has 134 valence electrons. The second-order valence-corrected chi connectivity index (χ2v) is 5.41. The molecule has 2 aliphatic rings. The third-order valence-corrected chi connectivity index (χ3v) is 3.87. The number of rotatable bonds is 4. The van der Waals surface area contributed by atoms with Crippen molar-refractivity contribution in [2.45, 2.75) is 61.4 Å². The molecule has 11 nitrogen and oxygen atoms in total. The zero-order valence-corrected chi connectivity index (χ0v) is 11.8. The number of hydrogen-bond donors (Lipinski definition) is 7. The molecule has 2 heterocycles. The fourth-order valence-electron chi connectivity index (χ4n) is 2.48. The van der Waals surface area contributed by atoms with Gasteiger partial charge in [-0.2, -0.15) is 0 Å². The van der Waals surface area contributed by atoms with E-state index in [9.17, 15) is 35.4 Å². The van der Waals surface area contributed by atoms with Gasteiger partial charge < -0.3 is 54.8 Å². The molecule has 0 saturated carbocycles. The van der Waals surface area contributed by atoms with Crippen LogP contribution in [-0.4, -0.2) is 110 Å². The molecular weight excluding hydrogens is 320 g/mol. The third kappa shape index (κ3) is 3.53. The van der Waals surface area contributed by atoms with Gasteiger partial charge in [0.25, 0.3) is 0 Å². The minimum absolute atomic E-state index is 0.215. The number of carbonyl (C=O) groups is 1. The van der Waals surface area contributed by atoms with Crippen molar-refractivity contribution in [2.24, 2.45) is 0 Å². The van der Waals surface area contributed by atoms with Gasteiger partial charge in [-0.25, -0.2) is 0 Å². The van der Waals surface area contributed by atoms with E-state index in [2.05, 4.69) is 0 Å². The molecule has 0 aromatic carbocycles. The fourth-order valence-corrected chi connectivity index (χ4v) is 2.48. The highest BCUT2D eigenvalue weighted by Gasteiger charge is 2.50. The van der Waals surface area contributed by atoms with Gasteiger partial charge in [0.2, 0.25) is 0 Å². The molecule has 7 N–H and O–H groups in total. The summed E-state index contributed by atoms with van der Waals surface area (Å²) in [7, 11) is 0. The molecule has 0 spiro atoms. The largest absolute Gasteiger partial charge is 0.394 e. The summed E-state index contributed by atoms with van der Waals surface area (Å²) < 4.78 is 15.0. The van der Waals surface area contributed by atoms with Gasteiger partial charge >= 0.3 is 0 Å². The van der Waals surface area contributed by atoms with E-state index in [0.29, 0.717) is 0 Å². The number of aliphatic hydroxyl groups excluding tert-OH is 7. The summed E-state index contributed by atoms with van der Waals surface area (Å²) in [6.07, 6.45) is -16.1. The Morgan fingerprint density at radius 3 is 2.09 bits per heavy atom. The molecule has 0 aromatic rings. The lowest BCUT2D eigenvalue weighted by atomic mass is 9.97. The quantitative estimate of drug-likeness (QED) is 0.242. The van der Waals surface area contributed by atoms with Crippen molar-refractivity contribution < 1.29 is 54.8 Å². The molecule has 2 saturated heterocycles. The smallest absolute Gasteiger partial charge is 0.187 e. The van der Waals surface area contributed by atoms with Gasteiger partial charge in [0.15, 0.2) is 18.9 Å². The average molecular weight is 340 g/mol. The summed E-state index contributed by atoms with van der Waals surface area (Å²) in [5.41, 5.74) is 0. The molecule has 23 heavy (non-hydrogen) atoms. The van der Waals surface area contributed by atoms with E-state index < -0.39 is 68.0 Å². The van der Waals surface area contributed by atoms with Crippen LogP contribution in [0.25, 0.3) is 0 Å². The van der Waals surface area contributed by atoms with Crippen LogP contribution in [0.5, 0.6) is 0 Å². The van der Waals surface area contributed by atoms with Crippen LogP contribution in [-0.2, 0) is 19.0 Å². The Balaban J connectivity index is 2.13. The lowest BCUT2D eigenvalue weighted by Gasteiger charge is -2.44. The lowest BCUT2D eigenvalue weighted by molar-refractivity contribution is -0.348. The molecule has 0 bridgehead atoms. The maximum Gasteiger partial charge on any atom is 0.187 e. The van der Waals surface area contributed by atoms with Gasteiger partial charge in [0, 0.05) is 0 Å². The molecule has 0 aromatic heterocycles. The van der Waals surface area contributed by atoms with E-state index in [1.807, 2.05) is 0 Å². The van der Waals surface area contributed by atoms with Crippen molar-refractivity contribution in [2.75, 3.05) is 6.61 Å². The molecule has 2 rings (SSSR count). The zero-order chi connectivity index (χ0) is 17.3. The molecule has 10 atom stereocenters. The van der Waals surface area contributed by atoms with Gasteiger partial charge in [0.1, 0.15) is 48.8 Å². The van der Waals surface area contributed by atoms with E-state index in [1.54, 1.807) is 0 Å². The molecule has 0 radical (unpaired) electrons. The standard InChI is InChI=1S/C12H20O11/c13-1-3-5(15)6(16)9(19)12(22-3)23-10-4(2-14)21-11(20)8(18)7(10)17/h2-13,15-20H,1H2/t3-,4-,5-,6+,7-,8-,9-,10-,11-,12+/m1/s1. The van der Waals surface area contributed by atoms with Gasteiger partial charge in [-0.15, -0.1) is 0 Å². The Bertz CT molecular complexity index is 404. The summed E-state index contributed by atoms with van der Waals surface area (Å²) in [4.78, 5) is 11.0. The zero-order valence-electron chi connectivity index (χ0n) is 11.8. The van der Waals surface area contributed by atoms with Gasteiger partial charge in [-0.3, -0.25) is 0 Å². The first-order valence-corrected chi connectivity index (χ1v) is 6.92. The van der Waals surface area contributed by atoms with Crippen molar-refractivity contribution in [3.05, 3.63) is 0 Å². The van der Waals surface area contributed by atoms with Crippen LogP contribution >= 0.6 is 0 Å². The Morgan fingerprint density at radius 2 is 1.52 bits per heavy atom.